The molecule has 0 spiro atoms. The standard InChI is InChI=1S/C7H11Cl2NO2/c8-6(9)7(11)12-10-4-2-1-3-5-10/h6H,1-5H2. The van der Waals surface area contributed by atoms with Gasteiger partial charge in [0.15, 0.2) is 0 Å². The van der Waals surface area contributed by atoms with Gasteiger partial charge in [0.2, 0.25) is 4.84 Å². The molecule has 1 rings (SSSR count). The van der Waals surface area contributed by atoms with E-state index in [4.69, 9.17) is 28.0 Å². The van der Waals surface area contributed by atoms with E-state index < -0.39 is 10.8 Å². The van der Waals surface area contributed by atoms with Crippen LogP contribution in [-0.4, -0.2) is 29.0 Å². The van der Waals surface area contributed by atoms with Crippen LogP contribution in [0.5, 0.6) is 0 Å². The molecule has 0 aromatic rings. The van der Waals surface area contributed by atoms with Crippen LogP contribution >= 0.6 is 23.2 Å². The summed E-state index contributed by atoms with van der Waals surface area (Å²) in [6, 6.07) is 0. The number of piperidine rings is 1. The quantitative estimate of drug-likeness (QED) is 0.653. The largest absolute Gasteiger partial charge is 0.366 e. The van der Waals surface area contributed by atoms with Gasteiger partial charge in [-0.05, 0) is 12.8 Å². The minimum atomic E-state index is -1.08. The van der Waals surface area contributed by atoms with E-state index in [1.807, 2.05) is 0 Å². The molecule has 0 amide bonds. The van der Waals surface area contributed by atoms with Crippen LogP contribution in [0.2, 0.25) is 0 Å². The second-order valence-corrected chi connectivity index (χ2v) is 3.80. The number of rotatable bonds is 2. The first-order chi connectivity index (χ1) is 5.70. The van der Waals surface area contributed by atoms with Gasteiger partial charge in [0.1, 0.15) is 0 Å². The molecule has 1 saturated heterocycles. The molecule has 0 radical (unpaired) electrons. The minimum absolute atomic E-state index is 0.583. The second kappa shape index (κ2) is 4.90. The van der Waals surface area contributed by atoms with Gasteiger partial charge in [-0.25, -0.2) is 4.79 Å². The molecule has 0 aromatic carbocycles. The molecule has 0 saturated carbocycles. The second-order valence-electron chi connectivity index (χ2n) is 2.70. The Bertz CT molecular complexity index is 157. The number of hydrogen-bond acceptors (Lipinski definition) is 3. The van der Waals surface area contributed by atoms with Gasteiger partial charge in [0.05, 0.1) is 0 Å². The number of carbonyl (C=O) groups excluding carboxylic acids is 1. The molecule has 0 unspecified atom stereocenters. The molecular formula is C7H11Cl2NO2. The Morgan fingerprint density at radius 1 is 1.25 bits per heavy atom. The first-order valence-corrected chi connectivity index (χ1v) is 4.82. The summed E-state index contributed by atoms with van der Waals surface area (Å²) >= 11 is 10.6. The Labute approximate surface area is 81.5 Å². The highest BCUT2D eigenvalue weighted by Gasteiger charge is 2.19. The van der Waals surface area contributed by atoms with E-state index in [-0.39, 0.29) is 0 Å². The maximum Gasteiger partial charge on any atom is 0.358 e. The molecule has 1 heterocycles. The molecule has 0 aromatic heterocycles. The van der Waals surface area contributed by atoms with Gasteiger partial charge in [-0.1, -0.05) is 29.6 Å². The average Bonchev–Trinajstić information content (AvgIpc) is 2.06. The van der Waals surface area contributed by atoms with Crippen molar-refractivity contribution in [3.63, 3.8) is 0 Å². The predicted octanol–water partition coefficient (Wildman–Crippen LogP) is 1.73. The van der Waals surface area contributed by atoms with Crippen LogP contribution in [-0.2, 0) is 9.63 Å². The molecule has 70 valence electrons. The van der Waals surface area contributed by atoms with Crippen molar-refractivity contribution in [3.05, 3.63) is 0 Å². The number of alkyl halides is 2. The molecule has 5 heteroatoms. The number of hydroxylamine groups is 2. The zero-order valence-corrected chi connectivity index (χ0v) is 8.14. The number of halogens is 2. The maximum absolute atomic E-state index is 10.9. The van der Waals surface area contributed by atoms with E-state index in [2.05, 4.69) is 0 Å². The third-order valence-corrected chi connectivity index (χ3v) is 2.07. The number of hydrogen-bond donors (Lipinski definition) is 0. The Kier molecular flexibility index (Phi) is 4.12. The van der Waals surface area contributed by atoms with Crippen molar-refractivity contribution < 1.29 is 9.63 Å². The van der Waals surface area contributed by atoms with E-state index >= 15 is 0 Å². The lowest BCUT2D eigenvalue weighted by atomic mass is 10.2. The van der Waals surface area contributed by atoms with Gasteiger partial charge in [-0.15, -0.1) is 5.06 Å². The van der Waals surface area contributed by atoms with Gasteiger partial charge in [-0.2, -0.15) is 0 Å². The Hall–Kier alpha value is 0.01000. The predicted molar refractivity (Wildman–Crippen MR) is 47.0 cm³/mol. The van der Waals surface area contributed by atoms with E-state index in [1.165, 1.54) is 6.42 Å². The molecule has 12 heavy (non-hydrogen) atoms. The van der Waals surface area contributed by atoms with Gasteiger partial charge >= 0.3 is 5.97 Å². The van der Waals surface area contributed by atoms with Crippen molar-refractivity contribution in [2.75, 3.05) is 13.1 Å². The fourth-order valence-electron chi connectivity index (χ4n) is 1.12. The third-order valence-electron chi connectivity index (χ3n) is 1.71. The minimum Gasteiger partial charge on any atom is -0.366 e. The highest BCUT2D eigenvalue weighted by molar-refractivity contribution is 6.52. The summed E-state index contributed by atoms with van der Waals surface area (Å²) in [4.78, 5) is 14.7. The van der Waals surface area contributed by atoms with Crippen molar-refractivity contribution in [1.29, 1.82) is 0 Å². The van der Waals surface area contributed by atoms with Crippen LogP contribution < -0.4 is 0 Å². The molecule has 0 atom stereocenters. The lowest BCUT2D eigenvalue weighted by molar-refractivity contribution is -0.192. The van der Waals surface area contributed by atoms with Crippen molar-refractivity contribution >= 4 is 29.2 Å². The lowest BCUT2D eigenvalue weighted by Gasteiger charge is -2.24. The number of nitrogens with zero attached hydrogens (tertiary/aromatic N) is 1. The van der Waals surface area contributed by atoms with Crippen molar-refractivity contribution in [1.82, 2.24) is 5.06 Å². The van der Waals surface area contributed by atoms with Crippen molar-refractivity contribution in [3.8, 4) is 0 Å². The maximum atomic E-state index is 10.9. The molecule has 0 N–H and O–H groups in total. The molecule has 1 aliphatic heterocycles. The van der Waals surface area contributed by atoms with Crippen molar-refractivity contribution in [2.45, 2.75) is 24.1 Å². The lowest BCUT2D eigenvalue weighted by Crippen LogP contribution is -2.34. The Morgan fingerprint density at radius 3 is 2.33 bits per heavy atom. The molecule has 0 bridgehead atoms. The van der Waals surface area contributed by atoms with E-state index in [0.717, 1.165) is 25.9 Å². The van der Waals surface area contributed by atoms with E-state index in [1.54, 1.807) is 5.06 Å². The van der Waals surface area contributed by atoms with E-state index in [0.29, 0.717) is 0 Å². The summed E-state index contributed by atoms with van der Waals surface area (Å²) in [6.07, 6.45) is 3.31. The number of carbonyl (C=O) groups is 1. The highest BCUT2D eigenvalue weighted by atomic mass is 35.5. The van der Waals surface area contributed by atoms with E-state index in [9.17, 15) is 4.79 Å². The summed E-state index contributed by atoms with van der Waals surface area (Å²) in [5.74, 6) is -0.583. The van der Waals surface area contributed by atoms with Gasteiger partial charge in [-0.3, -0.25) is 0 Å². The van der Waals surface area contributed by atoms with Crippen LogP contribution in [0.25, 0.3) is 0 Å². The van der Waals surface area contributed by atoms with Gasteiger partial charge in [0.25, 0.3) is 0 Å². The van der Waals surface area contributed by atoms with Crippen LogP contribution in [0.1, 0.15) is 19.3 Å². The smallest absolute Gasteiger partial charge is 0.358 e. The van der Waals surface area contributed by atoms with Crippen LogP contribution in [0.4, 0.5) is 0 Å². The topological polar surface area (TPSA) is 29.5 Å². The monoisotopic (exact) mass is 211 g/mol. The van der Waals surface area contributed by atoms with Crippen LogP contribution in [0, 0.1) is 0 Å². The summed E-state index contributed by atoms with van der Waals surface area (Å²) < 4.78 is 0. The molecule has 3 nitrogen and oxygen atoms in total. The summed E-state index contributed by atoms with van der Waals surface area (Å²) in [6.45, 7) is 1.57. The Balaban J connectivity index is 2.24. The highest BCUT2D eigenvalue weighted by Crippen LogP contribution is 2.11. The fraction of sp³-hybridized carbons (Fsp3) is 0.857. The molecule has 1 fully saturated rings. The zero-order valence-electron chi connectivity index (χ0n) is 6.63. The third kappa shape index (κ3) is 3.17. The molecule has 1 aliphatic rings. The molecular weight excluding hydrogens is 201 g/mol. The normalized spacial score (nSPS) is 19.6. The first-order valence-electron chi connectivity index (χ1n) is 3.95. The van der Waals surface area contributed by atoms with Crippen LogP contribution in [0.15, 0.2) is 0 Å². The van der Waals surface area contributed by atoms with Gasteiger partial charge < -0.3 is 4.84 Å². The fourth-order valence-corrected chi connectivity index (χ4v) is 1.20. The first kappa shape index (κ1) is 10.1. The summed E-state index contributed by atoms with van der Waals surface area (Å²) in [5, 5.41) is 1.61. The average molecular weight is 212 g/mol. The SMILES string of the molecule is O=C(ON1CCCCC1)C(Cl)Cl. The summed E-state index contributed by atoms with van der Waals surface area (Å²) in [7, 11) is 0. The van der Waals surface area contributed by atoms with Crippen LogP contribution in [0.3, 0.4) is 0 Å². The summed E-state index contributed by atoms with van der Waals surface area (Å²) in [5.41, 5.74) is 0. The zero-order chi connectivity index (χ0) is 8.97. The van der Waals surface area contributed by atoms with Gasteiger partial charge in [0, 0.05) is 13.1 Å². The molecule has 0 aliphatic carbocycles. The van der Waals surface area contributed by atoms with Crippen molar-refractivity contribution in [2.24, 2.45) is 0 Å². The Morgan fingerprint density at radius 2 is 1.83 bits per heavy atom.